The van der Waals surface area contributed by atoms with Crippen LogP contribution in [-0.4, -0.2) is 23.3 Å². The monoisotopic (exact) mass is 337 g/mol. The molecular weight excluding hydrogens is 318 g/mol. The van der Waals surface area contributed by atoms with Crippen LogP contribution in [-0.2, 0) is 16.1 Å². The smallest absolute Gasteiger partial charge is 0.247 e. The number of amides is 2. The molecule has 2 aromatic rings. The third-order valence-corrected chi connectivity index (χ3v) is 3.38. The summed E-state index contributed by atoms with van der Waals surface area (Å²) in [6.07, 6.45) is 4.97. The Morgan fingerprint density at radius 1 is 1.28 bits per heavy atom. The highest BCUT2D eigenvalue weighted by Gasteiger charge is 2.12. The van der Waals surface area contributed by atoms with E-state index in [1.54, 1.807) is 53.6 Å². The predicted molar refractivity (Wildman–Crippen MR) is 94.1 cm³/mol. The molecule has 1 aromatic heterocycles. The fourth-order valence-electron chi connectivity index (χ4n) is 2.20. The van der Waals surface area contributed by atoms with Gasteiger partial charge in [-0.2, -0.15) is 5.26 Å². The number of hydrogen-bond acceptors (Lipinski definition) is 4. The van der Waals surface area contributed by atoms with Crippen molar-refractivity contribution >= 4 is 23.6 Å². The lowest BCUT2D eigenvalue weighted by molar-refractivity contribution is -0.126. The predicted octanol–water partition coefficient (Wildman–Crippen LogP) is 3.19. The highest BCUT2D eigenvalue weighted by atomic mass is 16.3. The first-order valence-electron chi connectivity index (χ1n) is 7.82. The minimum absolute atomic E-state index is 0.135. The third-order valence-electron chi connectivity index (χ3n) is 3.38. The minimum Gasteiger partial charge on any atom is -0.467 e. The second-order valence-corrected chi connectivity index (χ2v) is 5.38. The first-order chi connectivity index (χ1) is 12.1. The molecule has 0 spiro atoms. The summed E-state index contributed by atoms with van der Waals surface area (Å²) < 4.78 is 5.27. The van der Waals surface area contributed by atoms with Crippen molar-refractivity contribution in [1.82, 2.24) is 4.90 Å². The van der Waals surface area contributed by atoms with E-state index in [0.717, 1.165) is 5.56 Å². The van der Waals surface area contributed by atoms with Crippen LogP contribution in [0.5, 0.6) is 0 Å². The van der Waals surface area contributed by atoms with Gasteiger partial charge in [-0.05, 0) is 35.9 Å². The van der Waals surface area contributed by atoms with Gasteiger partial charge >= 0.3 is 0 Å². The molecule has 0 aliphatic carbocycles. The van der Waals surface area contributed by atoms with Crippen LogP contribution >= 0.6 is 0 Å². The molecule has 0 atom stereocenters. The summed E-state index contributed by atoms with van der Waals surface area (Å²) in [5.41, 5.74) is 1.53. The second kappa shape index (κ2) is 9.08. The molecule has 2 rings (SSSR count). The molecule has 1 aromatic carbocycles. The van der Waals surface area contributed by atoms with E-state index in [0.29, 0.717) is 24.5 Å². The lowest BCUT2D eigenvalue weighted by Gasteiger charge is -2.18. The Balaban J connectivity index is 2.01. The first kappa shape index (κ1) is 18.0. The molecule has 0 saturated heterocycles. The number of nitrogens with zero attached hydrogens (tertiary/aromatic N) is 2. The average molecular weight is 337 g/mol. The Morgan fingerprint density at radius 2 is 2.04 bits per heavy atom. The minimum atomic E-state index is -0.197. The number of hydrogen-bond donors (Lipinski definition) is 1. The van der Waals surface area contributed by atoms with Crippen LogP contribution in [0.1, 0.15) is 24.7 Å². The summed E-state index contributed by atoms with van der Waals surface area (Å²) in [6, 6.07) is 12.7. The molecule has 0 aliphatic heterocycles. The zero-order valence-electron chi connectivity index (χ0n) is 13.9. The number of nitriles is 1. The summed E-state index contributed by atoms with van der Waals surface area (Å²) in [4.78, 5) is 25.0. The maximum absolute atomic E-state index is 12.4. The third kappa shape index (κ3) is 5.99. The van der Waals surface area contributed by atoms with Gasteiger partial charge in [0.2, 0.25) is 11.8 Å². The van der Waals surface area contributed by atoms with Crippen molar-refractivity contribution in [3.05, 3.63) is 60.1 Å². The number of anilines is 1. The van der Waals surface area contributed by atoms with E-state index in [2.05, 4.69) is 5.32 Å². The quantitative estimate of drug-likeness (QED) is 0.786. The standard InChI is InChI=1S/C19H19N3O3/c1-15(23)21-17-8-5-16(6-9-17)7-10-19(24)22(12-3-11-20)14-18-4-2-13-25-18/h2,4-10,13H,3,12,14H2,1H3,(H,21,23). The molecule has 6 heteroatoms. The molecule has 25 heavy (non-hydrogen) atoms. The van der Waals surface area contributed by atoms with Crippen LogP contribution in [0.3, 0.4) is 0 Å². The summed E-state index contributed by atoms with van der Waals surface area (Å²) in [7, 11) is 0. The molecule has 0 fully saturated rings. The summed E-state index contributed by atoms with van der Waals surface area (Å²) in [6.45, 7) is 2.10. The number of furan rings is 1. The molecule has 1 heterocycles. The zero-order valence-corrected chi connectivity index (χ0v) is 13.9. The topological polar surface area (TPSA) is 86.3 Å². The van der Waals surface area contributed by atoms with E-state index in [1.807, 2.05) is 6.07 Å². The highest BCUT2D eigenvalue weighted by Crippen LogP contribution is 2.12. The molecule has 2 amide bonds. The number of rotatable bonds is 7. The van der Waals surface area contributed by atoms with Crippen molar-refractivity contribution in [3.63, 3.8) is 0 Å². The van der Waals surface area contributed by atoms with Crippen molar-refractivity contribution < 1.29 is 14.0 Å². The van der Waals surface area contributed by atoms with Gasteiger partial charge in [0.15, 0.2) is 0 Å². The van der Waals surface area contributed by atoms with E-state index in [1.165, 1.54) is 13.0 Å². The van der Waals surface area contributed by atoms with Gasteiger partial charge in [-0.15, -0.1) is 0 Å². The normalized spacial score (nSPS) is 10.4. The fourth-order valence-corrected chi connectivity index (χ4v) is 2.20. The molecule has 128 valence electrons. The van der Waals surface area contributed by atoms with Crippen molar-refractivity contribution in [2.75, 3.05) is 11.9 Å². The Labute approximate surface area is 146 Å². The average Bonchev–Trinajstić information content (AvgIpc) is 3.10. The molecular formula is C19H19N3O3. The van der Waals surface area contributed by atoms with Crippen LogP contribution in [0, 0.1) is 11.3 Å². The fraction of sp³-hybridized carbons (Fsp3) is 0.211. The van der Waals surface area contributed by atoms with E-state index in [9.17, 15) is 9.59 Å². The van der Waals surface area contributed by atoms with Gasteiger partial charge < -0.3 is 14.6 Å². The van der Waals surface area contributed by atoms with Crippen molar-refractivity contribution in [1.29, 1.82) is 5.26 Å². The van der Waals surface area contributed by atoms with Crippen LogP contribution in [0.25, 0.3) is 6.08 Å². The molecule has 1 N–H and O–H groups in total. The Morgan fingerprint density at radius 3 is 2.64 bits per heavy atom. The second-order valence-electron chi connectivity index (χ2n) is 5.38. The SMILES string of the molecule is CC(=O)Nc1ccc(C=CC(=O)N(CCC#N)Cc2ccco2)cc1. The van der Waals surface area contributed by atoms with E-state index >= 15 is 0 Å². The van der Waals surface area contributed by atoms with Crippen molar-refractivity contribution in [2.45, 2.75) is 19.9 Å². The number of carbonyl (C=O) groups excluding carboxylic acids is 2. The van der Waals surface area contributed by atoms with Crippen LogP contribution in [0.2, 0.25) is 0 Å². The number of benzene rings is 1. The first-order valence-corrected chi connectivity index (χ1v) is 7.82. The Bertz CT molecular complexity index is 771. The van der Waals surface area contributed by atoms with Crippen LogP contribution in [0.4, 0.5) is 5.69 Å². The molecule has 0 unspecified atom stereocenters. The molecule has 6 nitrogen and oxygen atoms in total. The van der Waals surface area contributed by atoms with Gasteiger partial charge in [0.25, 0.3) is 0 Å². The Kier molecular flexibility index (Phi) is 6.55. The van der Waals surface area contributed by atoms with Gasteiger partial charge in [0.05, 0.1) is 25.3 Å². The van der Waals surface area contributed by atoms with Gasteiger partial charge in [0, 0.05) is 25.2 Å². The largest absolute Gasteiger partial charge is 0.467 e. The summed E-state index contributed by atoms with van der Waals surface area (Å²) in [5.74, 6) is 0.335. The maximum atomic E-state index is 12.4. The lowest BCUT2D eigenvalue weighted by atomic mass is 10.2. The lowest BCUT2D eigenvalue weighted by Crippen LogP contribution is -2.29. The van der Waals surface area contributed by atoms with Crippen LogP contribution < -0.4 is 5.32 Å². The van der Waals surface area contributed by atoms with E-state index in [-0.39, 0.29) is 18.2 Å². The molecule has 0 bridgehead atoms. The van der Waals surface area contributed by atoms with Gasteiger partial charge in [-0.25, -0.2) is 0 Å². The molecule has 0 aliphatic rings. The Hall–Kier alpha value is -3.33. The van der Waals surface area contributed by atoms with Crippen molar-refractivity contribution in [2.24, 2.45) is 0 Å². The highest BCUT2D eigenvalue weighted by molar-refractivity contribution is 5.92. The van der Waals surface area contributed by atoms with Gasteiger partial charge in [-0.1, -0.05) is 12.1 Å². The number of carbonyl (C=O) groups is 2. The summed E-state index contributed by atoms with van der Waals surface area (Å²) >= 11 is 0. The van der Waals surface area contributed by atoms with E-state index in [4.69, 9.17) is 9.68 Å². The number of nitrogens with one attached hydrogen (secondary N) is 1. The van der Waals surface area contributed by atoms with Gasteiger partial charge in [0.1, 0.15) is 5.76 Å². The summed E-state index contributed by atoms with van der Waals surface area (Å²) in [5, 5.41) is 11.4. The maximum Gasteiger partial charge on any atom is 0.247 e. The molecule has 0 saturated carbocycles. The molecule has 0 radical (unpaired) electrons. The van der Waals surface area contributed by atoms with Crippen molar-refractivity contribution in [3.8, 4) is 6.07 Å². The van der Waals surface area contributed by atoms with E-state index < -0.39 is 0 Å². The van der Waals surface area contributed by atoms with Crippen LogP contribution in [0.15, 0.2) is 53.2 Å². The van der Waals surface area contributed by atoms with Gasteiger partial charge in [-0.3, -0.25) is 9.59 Å². The zero-order chi connectivity index (χ0) is 18.1.